The molecule has 0 unspecified atom stereocenters. The lowest BCUT2D eigenvalue weighted by atomic mass is 9.94. The molecule has 0 atom stereocenters. The number of anilines is 2. The van der Waals surface area contributed by atoms with E-state index in [1.54, 1.807) is 12.1 Å². The van der Waals surface area contributed by atoms with E-state index in [1.165, 1.54) is 26.1 Å². The van der Waals surface area contributed by atoms with Crippen LogP contribution in [0.5, 0.6) is 5.75 Å². The summed E-state index contributed by atoms with van der Waals surface area (Å²) in [5.41, 5.74) is 1.82. The van der Waals surface area contributed by atoms with E-state index in [2.05, 4.69) is 15.6 Å². The van der Waals surface area contributed by atoms with E-state index in [0.29, 0.717) is 10.6 Å². The Morgan fingerprint density at radius 2 is 1.74 bits per heavy atom. The van der Waals surface area contributed by atoms with Crippen molar-refractivity contribution in [2.24, 2.45) is 5.41 Å². The lowest BCUT2D eigenvalue weighted by Crippen LogP contribution is -2.39. The van der Waals surface area contributed by atoms with Gasteiger partial charge in [-0.25, -0.2) is 4.98 Å². The van der Waals surface area contributed by atoms with Gasteiger partial charge in [-0.15, -0.1) is 0 Å². The molecule has 2 aromatic carbocycles. The number of pyridine rings is 1. The number of hydrogen-bond acceptors (Lipinski definition) is 5. The van der Waals surface area contributed by atoms with E-state index in [9.17, 15) is 14.7 Å². The first-order valence-electron chi connectivity index (χ1n) is 9.49. The van der Waals surface area contributed by atoms with Crippen LogP contribution in [-0.4, -0.2) is 33.6 Å². The minimum absolute atomic E-state index is 0.0948. The number of carbonyl (C=O) groups is 2. The standard InChI is InChI=1S/C23H22ClN3O4/c1-23(2,22(30)31)13-26-21(29)20-19(28)11-15(12-25-20)14-4-3-5-18(10-14)27-17-8-6-16(24)7-9-17/h3-12,27-28H,13H2,1-2H3,(H,26,29)(H,30,31). The number of carbonyl (C=O) groups excluding carboxylic acids is 1. The first-order chi connectivity index (χ1) is 14.7. The molecule has 1 heterocycles. The van der Waals surface area contributed by atoms with E-state index in [-0.39, 0.29) is 18.0 Å². The highest BCUT2D eigenvalue weighted by Crippen LogP contribution is 2.28. The fourth-order valence-electron chi connectivity index (χ4n) is 2.72. The summed E-state index contributed by atoms with van der Waals surface area (Å²) in [5, 5.41) is 25.9. The van der Waals surface area contributed by atoms with Crippen molar-refractivity contribution in [2.45, 2.75) is 13.8 Å². The van der Waals surface area contributed by atoms with Crippen molar-refractivity contribution < 1.29 is 19.8 Å². The van der Waals surface area contributed by atoms with E-state index in [1.807, 2.05) is 36.4 Å². The Balaban J connectivity index is 1.75. The van der Waals surface area contributed by atoms with Crippen LogP contribution >= 0.6 is 11.6 Å². The van der Waals surface area contributed by atoms with Gasteiger partial charge in [-0.2, -0.15) is 0 Å². The lowest BCUT2D eigenvalue weighted by molar-refractivity contribution is -0.146. The Bertz CT molecular complexity index is 1110. The summed E-state index contributed by atoms with van der Waals surface area (Å²) in [6.45, 7) is 2.90. The summed E-state index contributed by atoms with van der Waals surface area (Å²) in [6, 6.07) is 16.3. The quantitative estimate of drug-likeness (QED) is 0.425. The van der Waals surface area contributed by atoms with Crippen LogP contribution in [0.4, 0.5) is 11.4 Å². The molecule has 0 radical (unpaired) electrons. The fourth-order valence-corrected chi connectivity index (χ4v) is 2.85. The van der Waals surface area contributed by atoms with Gasteiger partial charge >= 0.3 is 5.97 Å². The number of hydrogen-bond donors (Lipinski definition) is 4. The van der Waals surface area contributed by atoms with Crippen LogP contribution in [0.1, 0.15) is 24.3 Å². The molecule has 3 aromatic rings. The second-order valence-corrected chi connectivity index (χ2v) is 8.11. The molecular weight excluding hydrogens is 418 g/mol. The molecule has 0 bridgehead atoms. The number of nitrogens with one attached hydrogen (secondary N) is 2. The van der Waals surface area contributed by atoms with E-state index < -0.39 is 17.3 Å². The molecule has 3 rings (SSSR count). The van der Waals surface area contributed by atoms with Gasteiger partial charge in [0.05, 0.1) is 5.41 Å². The number of nitrogens with zero attached hydrogens (tertiary/aromatic N) is 1. The number of aromatic hydroxyl groups is 1. The largest absolute Gasteiger partial charge is 0.505 e. The zero-order valence-electron chi connectivity index (χ0n) is 17.0. The Labute approximate surface area is 184 Å². The maximum Gasteiger partial charge on any atom is 0.310 e. The van der Waals surface area contributed by atoms with Crippen molar-refractivity contribution in [3.05, 3.63) is 71.5 Å². The van der Waals surface area contributed by atoms with Gasteiger partial charge in [-0.3, -0.25) is 9.59 Å². The van der Waals surface area contributed by atoms with Crippen LogP contribution in [0.15, 0.2) is 60.8 Å². The molecule has 0 fully saturated rings. The van der Waals surface area contributed by atoms with Crippen molar-refractivity contribution in [3.63, 3.8) is 0 Å². The molecule has 1 aromatic heterocycles. The third kappa shape index (κ3) is 5.52. The molecule has 0 spiro atoms. The summed E-state index contributed by atoms with van der Waals surface area (Å²) in [5.74, 6) is -1.97. The molecule has 4 N–H and O–H groups in total. The number of aliphatic carboxylic acids is 1. The molecule has 160 valence electrons. The number of carboxylic acids is 1. The Morgan fingerprint density at radius 3 is 2.39 bits per heavy atom. The van der Waals surface area contributed by atoms with Crippen molar-refractivity contribution in [2.75, 3.05) is 11.9 Å². The average Bonchev–Trinajstić information content (AvgIpc) is 2.74. The number of amides is 1. The van der Waals surface area contributed by atoms with E-state index >= 15 is 0 Å². The number of benzene rings is 2. The van der Waals surface area contributed by atoms with Crippen LogP contribution in [-0.2, 0) is 4.79 Å². The monoisotopic (exact) mass is 439 g/mol. The van der Waals surface area contributed by atoms with Gasteiger partial charge in [0.15, 0.2) is 5.69 Å². The van der Waals surface area contributed by atoms with Gasteiger partial charge in [0.2, 0.25) is 0 Å². The molecule has 0 aliphatic heterocycles. The number of aromatic nitrogens is 1. The molecule has 0 aliphatic carbocycles. The topological polar surface area (TPSA) is 112 Å². The first-order valence-corrected chi connectivity index (χ1v) is 9.87. The van der Waals surface area contributed by atoms with Gasteiger partial charge in [-0.05, 0) is 61.9 Å². The molecule has 0 aliphatic rings. The van der Waals surface area contributed by atoms with Gasteiger partial charge in [0, 0.05) is 34.7 Å². The molecule has 31 heavy (non-hydrogen) atoms. The van der Waals surface area contributed by atoms with E-state index in [4.69, 9.17) is 16.7 Å². The number of halogens is 1. The van der Waals surface area contributed by atoms with Gasteiger partial charge < -0.3 is 20.8 Å². The van der Waals surface area contributed by atoms with Gasteiger partial charge in [0.1, 0.15) is 5.75 Å². The third-order valence-corrected chi connectivity index (χ3v) is 4.93. The van der Waals surface area contributed by atoms with Crippen molar-refractivity contribution in [3.8, 4) is 16.9 Å². The molecule has 0 saturated carbocycles. The Morgan fingerprint density at radius 1 is 1.03 bits per heavy atom. The highest BCUT2D eigenvalue weighted by Gasteiger charge is 2.28. The summed E-state index contributed by atoms with van der Waals surface area (Å²) in [6.07, 6.45) is 1.48. The summed E-state index contributed by atoms with van der Waals surface area (Å²) < 4.78 is 0. The summed E-state index contributed by atoms with van der Waals surface area (Å²) >= 11 is 5.91. The maximum absolute atomic E-state index is 12.3. The summed E-state index contributed by atoms with van der Waals surface area (Å²) in [4.78, 5) is 27.6. The number of carboxylic acid groups (broad SMARTS) is 1. The average molecular weight is 440 g/mol. The van der Waals surface area contributed by atoms with Gasteiger partial charge in [0.25, 0.3) is 5.91 Å². The zero-order chi connectivity index (χ0) is 22.6. The normalized spacial score (nSPS) is 11.1. The van der Waals surface area contributed by atoms with E-state index in [0.717, 1.165) is 16.9 Å². The highest BCUT2D eigenvalue weighted by atomic mass is 35.5. The van der Waals surface area contributed by atoms with Crippen LogP contribution < -0.4 is 10.6 Å². The van der Waals surface area contributed by atoms with Gasteiger partial charge in [-0.1, -0.05) is 23.7 Å². The first kappa shape index (κ1) is 22.1. The number of rotatable bonds is 7. The second kappa shape index (κ2) is 9.06. The minimum atomic E-state index is -1.14. The predicted molar refractivity (Wildman–Crippen MR) is 120 cm³/mol. The molecular formula is C23H22ClN3O4. The highest BCUT2D eigenvalue weighted by molar-refractivity contribution is 6.30. The zero-order valence-corrected chi connectivity index (χ0v) is 17.8. The second-order valence-electron chi connectivity index (χ2n) is 7.68. The smallest absolute Gasteiger partial charge is 0.310 e. The SMILES string of the molecule is CC(C)(CNC(=O)c1ncc(-c2cccc(Nc3ccc(Cl)cc3)c2)cc1O)C(=O)O. The third-order valence-electron chi connectivity index (χ3n) is 4.68. The summed E-state index contributed by atoms with van der Waals surface area (Å²) in [7, 11) is 0. The van der Waals surface area contributed by atoms with Crippen LogP contribution in [0.25, 0.3) is 11.1 Å². The van der Waals surface area contributed by atoms with Crippen LogP contribution in [0, 0.1) is 5.41 Å². The molecule has 0 saturated heterocycles. The molecule has 1 amide bonds. The van der Waals surface area contributed by atoms with Crippen molar-refractivity contribution >= 4 is 34.9 Å². The molecule has 8 heteroatoms. The minimum Gasteiger partial charge on any atom is -0.505 e. The lowest BCUT2D eigenvalue weighted by Gasteiger charge is -2.19. The fraction of sp³-hybridized carbons (Fsp3) is 0.174. The maximum atomic E-state index is 12.3. The van der Waals surface area contributed by atoms with Crippen molar-refractivity contribution in [1.82, 2.24) is 10.3 Å². The Hall–Kier alpha value is -3.58. The van der Waals surface area contributed by atoms with Crippen LogP contribution in [0.3, 0.4) is 0 Å². The molecule has 7 nitrogen and oxygen atoms in total. The predicted octanol–water partition coefficient (Wildman–Crippen LogP) is 4.69. The van der Waals surface area contributed by atoms with Crippen LogP contribution in [0.2, 0.25) is 5.02 Å². The van der Waals surface area contributed by atoms with Crippen molar-refractivity contribution in [1.29, 1.82) is 0 Å². The Kier molecular flexibility index (Phi) is 6.46.